The van der Waals surface area contributed by atoms with Crippen LogP contribution in [0, 0.1) is 5.41 Å². The second-order valence-corrected chi connectivity index (χ2v) is 6.79. The van der Waals surface area contributed by atoms with E-state index >= 15 is 0 Å². The Kier molecular flexibility index (Phi) is 4.73. The summed E-state index contributed by atoms with van der Waals surface area (Å²) in [6.07, 6.45) is 6.36. The van der Waals surface area contributed by atoms with Crippen molar-refractivity contribution in [1.29, 1.82) is 0 Å². The molecule has 0 aromatic heterocycles. The molecule has 2 amide bonds. The Balaban J connectivity index is 1.62. The van der Waals surface area contributed by atoms with Crippen LogP contribution in [0.4, 0.5) is 4.79 Å². The maximum Gasteiger partial charge on any atom is 0.317 e. The van der Waals surface area contributed by atoms with E-state index in [1.54, 1.807) is 0 Å². The second-order valence-electron chi connectivity index (χ2n) is 6.79. The van der Waals surface area contributed by atoms with Gasteiger partial charge in [0.1, 0.15) is 0 Å². The largest absolute Gasteiger partial charge is 0.381 e. The third-order valence-electron chi connectivity index (χ3n) is 5.49. The molecule has 1 saturated carbocycles. The Bertz CT molecular complexity index is 443. The van der Waals surface area contributed by atoms with Crippen molar-refractivity contribution < 1.29 is 14.3 Å². The SMILES string of the molecule is CCO[C@@H]1C[C@@H](NC(=O)N2CCC=C(C)C2)C12CCOCC2. The van der Waals surface area contributed by atoms with Crippen molar-refractivity contribution in [3.63, 3.8) is 0 Å². The molecule has 22 heavy (non-hydrogen) atoms. The molecule has 3 rings (SSSR count). The van der Waals surface area contributed by atoms with E-state index in [4.69, 9.17) is 9.47 Å². The van der Waals surface area contributed by atoms with Crippen LogP contribution in [0.3, 0.4) is 0 Å². The first kappa shape index (κ1) is 15.8. The van der Waals surface area contributed by atoms with Crippen molar-refractivity contribution in [2.75, 3.05) is 32.9 Å². The van der Waals surface area contributed by atoms with Crippen LogP contribution >= 0.6 is 0 Å². The lowest BCUT2D eigenvalue weighted by molar-refractivity contribution is -0.170. The molecule has 1 spiro atoms. The molecular weight excluding hydrogens is 280 g/mol. The van der Waals surface area contributed by atoms with E-state index in [2.05, 4.69) is 18.3 Å². The van der Waals surface area contributed by atoms with Crippen molar-refractivity contribution in [3.05, 3.63) is 11.6 Å². The third-order valence-corrected chi connectivity index (χ3v) is 5.49. The minimum atomic E-state index is 0.0817. The lowest BCUT2D eigenvalue weighted by atomic mass is 9.57. The molecule has 2 aliphatic heterocycles. The first-order chi connectivity index (χ1) is 10.7. The van der Waals surface area contributed by atoms with Crippen molar-refractivity contribution in [3.8, 4) is 0 Å². The fraction of sp³-hybridized carbons (Fsp3) is 0.824. The van der Waals surface area contributed by atoms with E-state index in [0.717, 1.165) is 58.6 Å². The summed E-state index contributed by atoms with van der Waals surface area (Å²) in [6, 6.07) is 0.310. The van der Waals surface area contributed by atoms with Crippen LogP contribution in [0.2, 0.25) is 0 Å². The van der Waals surface area contributed by atoms with Gasteiger partial charge in [-0.05, 0) is 39.5 Å². The number of hydrogen-bond acceptors (Lipinski definition) is 3. The van der Waals surface area contributed by atoms with Crippen LogP contribution in [0.1, 0.15) is 39.5 Å². The molecule has 0 unspecified atom stereocenters. The van der Waals surface area contributed by atoms with Crippen molar-refractivity contribution >= 4 is 6.03 Å². The van der Waals surface area contributed by atoms with E-state index in [0.29, 0.717) is 0 Å². The van der Waals surface area contributed by atoms with Gasteiger partial charge in [-0.15, -0.1) is 0 Å². The first-order valence-electron chi connectivity index (χ1n) is 8.56. The molecule has 5 nitrogen and oxygen atoms in total. The standard InChI is InChI=1S/C17H28N2O3/c1-3-22-15-11-14(17(15)6-9-21-10-7-17)18-16(20)19-8-4-5-13(2)12-19/h5,14-15H,3-4,6-12H2,1-2H3,(H,18,20)/t14-,15-/m1/s1. The number of nitrogens with zero attached hydrogens (tertiary/aromatic N) is 1. The zero-order valence-electron chi connectivity index (χ0n) is 13.8. The summed E-state index contributed by atoms with van der Waals surface area (Å²) in [6.45, 7) is 8.01. The average Bonchev–Trinajstić information content (AvgIpc) is 2.54. The van der Waals surface area contributed by atoms with Crippen LogP contribution < -0.4 is 5.32 Å². The molecule has 1 N–H and O–H groups in total. The zero-order valence-corrected chi connectivity index (χ0v) is 13.8. The van der Waals surface area contributed by atoms with Gasteiger partial charge >= 0.3 is 6.03 Å². The molecule has 1 saturated heterocycles. The van der Waals surface area contributed by atoms with Gasteiger partial charge in [0.15, 0.2) is 0 Å². The van der Waals surface area contributed by atoms with Gasteiger partial charge in [-0.1, -0.05) is 11.6 Å². The lowest BCUT2D eigenvalue weighted by Crippen LogP contribution is -2.67. The maximum absolute atomic E-state index is 12.6. The summed E-state index contributed by atoms with van der Waals surface area (Å²) in [5, 5.41) is 3.28. The molecule has 3 aliphatic rings. The number of rotatable bonds is 3. The smallest absolute Gasteiger partial charge is 0.317 e. The summed E-state index contributed by atoms with van der Waals surface area (Å²) >= 11 is 0. The van der Waals surface area contributed by atoms with Gasteiger partial charge in [0.05, 0.1) is 6.10 Å². The van der Waals surface area contributed by atoms with Crippen molar-refractivity contribution in [2.45, 2.75) is 51.7 Å². The third kappa shape index (κ3) is 2.88. The summed E-state index contributed by atoms with van der Waals surface area (Å²) in [5.41, 5.74) is 1.37. The molecular formula is C17H28N2O3. The van der Waals surface area contributed by atoms with Crippen LogP contribution in [0.5, 0.6) is 0 Å². The molecule has 2 heterocycles. The van der Waals surface area contributed by atoms with Gasteiger partial charge in [-0.2, -0.15) is 0 Å². The first-order valence-corrected chi connectivity index (χ1v) is 8.56. The number of amides is 2. The number of carbonyl (C=O) groups is 1. The molecule has 124 valence electrons. The van der Waals surface area contributed by atoms with Gasteiger partial charge in [-0.25, -0.2) is 4.79 Å². The molecule has 0 aromatic rings. The van der Waals surface area contributed by atoms with E-state index in [9.17, 15) is 4.79 Å². The molecule has 2 atom stereocenters. The minimum absolute atomic E-state index is 0.0817. The van der Waals surface area contributed by atoms with E-state index in [1.807, 2.05) is 11.8 Å². The highest BCUT2D eigenvalue weighted by molar-refractivity contribution is 5.75. The number of hydrogen-bond donors (Lipinski definition) is 1. The fourth-order valence-electron chi connectivity index (χ4n) is 4.13. The molecule has 1 aliphatic carbocycles. The quantitative estimate of drug-likeness (QED) is 0.814. The monoisotopic (exact) mass is 308 g/mol. The summed E-state index contributed by atoms with van der Waals surface area (Å²) < 4.78 is 11.4. The summed E-state index contributed by atoms with van der Waals surface area (Å²) in [7, 11) is 0. The van der Waals surface area contributed by atoms with Gasteiger partial charge < -0.3 is 19.7 Å². The number of nitrogens with one attached hydrogen (secondary N) is 1. The second kappa shape index (κ2) is 6.59. The van der Waals surface area contributed by atoms with Gasteiger partial charge in [0, 0.05) is 44.4 Å². The Labute approximate surface area is 133 Å². The van der Waals surface area contributed by atoms with Crippen molar-refractivity contribution in [2.24, 2.45) is 5.41 Å². The fourth-order valence-corrected chi connectivity index (χ4v) is 4.13. The van der Waals surface area contributed by atoms with Crippen LogP contribution in [-0.2, 0) is 9.47 Å². The predicted octanol–water partition coefficient (Wildman–Crippen LogP) is 2.32. The highest BCUT2D eigenvalue weighted by Gasteiger charge is 2.56. The van der Waals surface area contributed by atoms with Crippen LogP contribution in [0.25, 0.3) is 0 Å². The Morgan fingerprint density at radius 3 is 2.95 bits per heavy atom. The summed E-state index contributed by atoms with van der Waals surface area (Å²) in [5.74, 6) is 0. The van der Waals surface area contributed by atoms with E-state index < -0.39 is 0 Å². The molecule has 5 heteroatoms. The normalized spacial score (nSPS) is 30.6. The molecule has 0 radical (unpaired) electrons. The molecule has 2 fully saturated rings. The minimum Gasteiger partial charge on any atom is -0.381 e. The Morgan fingerprint density at radius 1 is 1.50 bits per heavy atom. The van der Waals surface area contributed by atoms with Crippen LogP contribution in [-0.4, -0.2) is 56.0 Å². The van der Waals surface area contributed by atoms with E-state index in [1.165, 1.54) is 5.57 Å². The Hall–Kier alpha value is -1.07. The number of carbonyl (C=O) groups excluding carboxylic acids is 1. The lowest BCUT2D eigenvalue weighted by Gasteiger charge is -2.57. The number of urea groups is 1. The van der Waals surface area contributed by atoms with Crippen LogP contribution in [0.15, 0.2) is 11.6 Å². The average molecular weight is 308 g/mol. The highest BCUT2D eigenvalue weighted by atomic mass is 16.5. The molecule has 0 aromatic carbocycles. The van der Waals surface area contributed by atoms with Gasteiger partial charge in [-0.3, -0.25) is 0 Å². The van der Waals surface area contributed by atoms with Gasteiger partial charge in [0.2, 0.25) is 0 Å². The highest BCUT2D eigenvalue weighted by Crippen LogP contribution is 2.50. The number of ether oxygens (including phenoxy) is 2. The van der Waals surface area contributed by atoms with Crippen molar-refractivity contribution in [1.82, 2.24) is 10.2 Å². The summed E-state index contributed by atoms with van der Waals surface area (Å²) in [4.78, 5) is 14.5. The zero-order chi connectivity index (χ0) is 15.6. The van der Waals surface area contributed by atoms with Gasteiger partial charge in [0.25, 0.3) is 0 Å². The molecule has 0 bridgehead atoms. The maximum atomic E-state index is 12.6. The topological polar surface area (TPSA) is 50.8 Å². The van der Waals surface area contributed by atoms with E-state index in [-0.39, 0.29) is 23.6 Å². The Morgan fingerprint density at radius 2 is 2.27 bits per heavy atom. The predicted molar refractivity (Wildman–Crippen MR) is 84.8 cm³/mol.